The summed E-state index contributed by atoms with van der Waals surface area (Å²) >= 11 is 1.55. The maximum atomic E-state index is 13.0. The third kappa shape index (κ3) is 11.7. The van der Waals surface area contributed by atoms with Gasteiger partial charge in [0.2, 0.25) is 11.8 Å². The van der Waals surface area contributed by atoms with Crippen LogP contribution in [0.15, 0.2) is 36.8 Å². The molecule has 1 aromatic carbocycles. The number of aromatic nitrogens is 2. The van der Waals surface area contributed by atoms with Gasteiger partial charge in [0.05, 0.1) is 25.0 Å². The number of imidazole rings is 1. The van der Waals surface area contributed by atoms with E-state index in [0.717, 1.165) is 24.0 Å². The first-order chi connectivity index (χ1) is 19.8. The Morgan fingerprint density at radius 3 is 2.50 bits per heavy atom. The fourth-order valence-corrected chi connectivity index (χ4v) is 4.92. The molecule has 11 nitrogen and oxygen atoms in total. The van der Waals surface area contributed by atoms with Crippen molar-refractivity contribution in [3.05, 3.63) is 53.6 Å². The van der Waals surface area contributed by atoms with Crippen molar-refractivity contribution in [2.24, 2.45) is 0 Å². The molecule has 0 aliphatic carbocycles. The minimum absolute atomic E-state index is 0.00924. The molecule has 1 aliphatic heterocycles. The molecule has 1 unspecified atom stereocenters. The van der Waals surface area contributed by atoms with Crippen LogP contribution in [0.4, 0.5) is 13.2 Å². The second-order valence-electron chi connectivity index (χ2n) is 9.76. The van der Waals surface area contributed by atoms with Gasteiger partial charge in [0.15, 0.2) is 0 Å². The molecule has 1 aliphatic rings. The lowest BCUT2D eigenvalue weighted by atomic mass is 10.1. The molecule has 42 heavy (non-hydrogen) atoms. The van der Waals surface area contributed by atoms with Gasteiger partial charge in [-0.3, -0.25) is 14.5 Å². The van der Waals surface area contributed by atoms with E-state index in [4.69, 9.17) is 9.90 Å². The van der Waals surface area contributed by atoms with Crippen LogP contribution < -0.4 is 5.32 Å². The summed E-state index contributed by atoms with van der Waals surface area (Å²) in [5.41, 5.74) is 2.94. The molecule has 2 amide bonds. The van der Waals surface area contributed by atoms with Crippen LogP contribution >= 0.6 is 11.8 Å². The zero-order chi connectivity index (χ0) is 31.3. The van der Waals surface area contributed by atoms with E-state index >= 15 is 0 Å². The van der Waals surface area contributed by atoms with Crippen LogP contribution in [-0.4, -0.2) is 104 Å². The number of likely N-dealkylation sites (tertiary alicyclic amines) is 1. The van der Waals surface area contributed by atoms with Gasteiger partial charge in [-0.15, -0.1) is 0 Å². The Kier molecular flexibility index (Phi) is 13.8. The molecule has 0 radical (unpaired) electrons. The molecule has 0 spiro atoms. The molecule has 0 saturated carbocycles. The van der Waals surface area contributed by atoms with E-state index < -0.39 is 24.2 Å². The highest BCUT2D eigenvalue weighted by Crippen LogP contribution is 2.21. The van der Waals surface area contributed by atoms with Gasteiger partial charge in [0, 0.05) is 31.9 Å². The predicted octanol–water partition coefficient (Wildman–Crippen LogP) is 2.71. The quantitative estimate of drug-likeness (QED) is 0.266. The molecule has 2 atom stereocenters. The maximum absolute atomic E-state index is 13.0. The van der Waals surface area contributed by atoms with Gasteiger partial charge < -0.3 is 25.4 Å². The molecule has 15 heteroatoms. The monoisotopic (exact) mass is 615 g/mol. The van der Waals surface area contributed by atoms with Crippen molar-refractivity contribution in [2.75, 3.05) is 31.6 Å². The molecular weight excluding hydrogens is 579 g/mol. The number of hydrogen-bond acceptors (Lipinski definition) is 7. The number of carboxylic acids is 2. The normalized spacial score (nSPS) is 15.6. The lowest BCUT2D eigenvalue weighted by molar-refractivity contribution is -0.192. The number of carboxylic acid groups (broad SMARTS) is 2. The molecule has 3 rings (SSSR count). The molecule has 1 aromatic heterocycles. The number of amides is 2. The molecule has 2 heterocycles. The Morgan fingerprint density at radius 1 is 1.24 bits per heavy atom. The number of hydrogen-bond donors (Lipinski definition) is 4. The molecule has 0 bridgehead atoms. The third-order valence-corrected chi connectivity index (χ3v) is 7.21. The van der Waals surface area contributed by atoms with Crippen molar-refractivity contribution in [1.29, 1.82) is 0 Å². The molecule has 1 saturated heterocycles. The lowest BCUT2D eigenvalue weighted by Crippen LogP contribution is -2.49. The fraction of sp³-hybridized carbons (Fsp3) is 0.519. The Morgan fingerprint density at radius 2 is 1.93 bits per heavy atom. The Hall–Kier alpha value is -3.59. The van der Waals surface area contributed by atoms with E-state index in [1.807, 2.05) is 47.2 Å². The molecule has 232 valence electrons. The van der Waals surface area contributed by atoms with Crippen LogP contribution in [-0.2, 0) is 32.1 Å². The number of nitrogens with one attached hydrogen (secondary N) is 2. The number of H-pyrrole nitrogens is 1. The van der Waals surface area contributed by atoms with Crippen molar-refractivity contribution in [2.45, 2.75) is 57.4 Å². The zero-order valence-corrected chi connectivity index (χ0v) is 24.2. The lowest BCUT2D eigenvalue weighted by Gasteiger charge is -2.31. The van der Waals surface area contributed by atoms with Crippen LogP contribution in [0.2, 0.25) is 0 Å². The number of carbonyl (C=O) groups excluding carboxylic acids is 2. The summed E-state index contributed by atoms with van der Waals surface area (Å²) in [6, 6.07) is 7.10. The number of rotatable bonds is 13. The number of alkyl halides is 3. The van der Waals surface area contributed by atoms with Crippen LogP contribution in [0.5, 0.6) is 0 Å². The Balaban J connectivity index is 0.000000782. The number of carbonyl (C=O) groups is 4. The first-order valence-electron chi connectivity index (χ1n) is 13.2. The average Bonchev–Trinajstić information content (AvgIpc) is 3.59. The maximum Gasteiger partial charge on any atom is 0.490 e. The summed E-state index contributed by atoms with van der Waals surface area (Å²) < 4.78 is 31.7. The molecular formula is C27H36F3N5O6S. The first-order valence-corrected chi connectivity index (χ1v) is 14.6. The fourth-order valence-electron chi connectivity index (χ4n) is 4.45. The first kappa shape index (κ1) is 34.6. The van der Waals surface area contributed by atoms with Gasteiger partial charge in [-0.05, 0) is 49.3 Å². The number of halogens is 3. The molecule has 4 N–H and O–H groups in total. The highest BCUT2D eigenvalue weighted by Gasteiger charge is 2.38. The second-order valence-corrected chi connectivity index (χ2v) is 10.7. The SMILES string of the molecule is CSCCC(NC(=O)CN(Cc1ccccc1C)C[C@@H]1CCCN1C(=O)Cc1c[nH]cn1)C(=O)O.O=C(O)C(F)(F)F. The Bertz CT molecular complexity index is 1180. The van der Waals surface area contributed by atoms with E-state index in [9.17, 15) is 32.7 Å². The van der Waals surface area contributed by atoms with Crippen molar-refractivity contribution in [3.8, 4) is 0 Å². The number of benzene rings is 1. The van der Waals surface area contributed by atoms with Gasteiger partial charge in [-0.1, -0.05) is 24.3 Å². The largest absolute Gasteiger partial charge is 0.490 e. The summed E-state index contributed by atoms with van der Waals surface area (Å²) in [7, 11) is 0. The number of aliphatic carboxylic acids is 2. The van der Waals surface area contributed by atoms with Crippen LogP contribution in [0, 0.1) is 6.92 Å². The highest BCUT2D eigenvalue weighted by atomic mass is 32.2. The van der Waals surface area contributed by atoms with Gasteiger partial charge in [-0.25, -0.2) is 14.6 Å². The highest BCUT2D eigenvalue weighted by molar-refractivity contribution is 7.98. The summed E-state index contributed by atoms with van der Waals surface area (Å²) in [4.78, 5) is 57.3. The minimum atomic E-state index is -5.08. The van der Waals surface area contributed by atoms with E-state index in [1.165, 1.54) is 0 Å². The summed E-state index contributed by atoms with van der Waals surface area (Å²) in [5, 5.41) is 19.3. The number of aromatic amines is 1. The summed E-state index contributed by atoms with van der Waals surface area (Å²) in [6.07, 6.45) is 2.52. The van der Waals surface area contributed by atoms with Crippen molar-refractivity contribution >= 4 is 35.5 Å². The number of nitrogens with zero attached hydrogens (tertiary/aromatic N) is 3. The van der Waals surface area contributed by atoms with Crippen LogP contribution in [0.1, 0.15) is 36.1 Å². The summed E-state index contributed by atoms with van der Waals surface area (Å²) in [5.74, 6) is -3.42. The standard InChI is InChI=1S/C25H35N5O4S.C2HF3O2/c1-18-6-3-4-7-19(18)14-29(16-23(31)28-22(25(33)34)9-11-35-2)15-21-8-5-10-30(21)24(32)12-20-13-26-17-27-20;3-2(4,5)1(6)7/h3-4,6-7,13,17,21-22H,5,8-12,14-16H2,1-2H3,(H,26,27)(H,28,31)(H,33,34);(H,6,7)/t21-,22?;/m0./s1. The van der Waals surface area contributed by atoms with Crippen LogP contribution in [0.3, 0.4) is 0 Å². The summed E-state index contributed by atoms with van der Waals surface area (Å²) in [6.45, 7) is 3.87. The van der Waals surface area contributed by atoms with E-state index in [-0.39, 0.29) is 30.8 Å². The zero-order valence-electron chi connectivity index (χ0n) is 23.4. The van der Waals surface area contributed by atoms with Crippen molar-refractivity contribution < 1.29 is 42.6 Å². The van der Waals surface area contributed by atoms with Crippen LogP contribution in [0.25, 0.3) is 0 Å². The van der Waals surface area contributed by atoms with E-state index in [2.05, 4.69) is 15.3 Å². The minimum Gasteiger partial charge on any atom is -0.480 e. The molecule has 2 aromatic rings. The van der Waals surface area contributed by atoms with E-state index in [1.54, 1.807) is 24.3 Å². The van der Waals surface area contributed by atoms with Gasteiger partial charge in [-0.2, -0.15) is 24.9 Å². The second kappa shape index (κ2) is 16.8. The van der Waals surface area contributed by atoms with E-state index in [0.29, 0.717) is 37.5 Å². The van der Waals surface area contributed by atoms with Crippen molar-refractivity contribution in [3.63, 3.8) is 0 Å². The Labute approximate surface area is 245 Å². The molecule has 1 fully saturated rings. The number of aryl methyl sites for hydroxylation is 1. The van der Waals surface area contributed by atoms with Crippen molar-refractivity contribution in [1.82, 2.24) is 25.1 Å². The van der Waals surface area contributed by atoms with Gasteiger partial charge in [0.1, 0.15) is 6.04 Å². The van der Waals surface area contributed by atoms with Gasteiger partial charge in [0.25, 0.3) is 0 Å². The third-order valence-electron chi connectivity index (χ3n) is 6.56. The average molecular weight is 616 g/mol. The predicted molar refractivity (Wildman–Crippen MR) is 150 cm³/mol. The van der Waals surface area contributed by atoms with Gasteiger partial charge >= 0.3 is 18.1 Å². The topological polar surface area (TPSA) is 156 Å². The number of thioether (sulfide) groups is 1. The smallest absolute Gasteiger partial charge is 0.480 e.